The first-order chi connectivity index (χ1) is 44.2. The van der Waals surface area contributed by atoms with E-state index in [1.807, 2.05) is 0 Å². The van der Waals surface area contributed by atoms with Gasteiger partial charge in [0.15, 0.2) is 0 Å². The Balaban J connectivity index is 0.000000173. The van der Waals surface area contributed by atoms with E-state index in [1.54, 1.807) is 116 Å². The van der Waals surface area contributed by atoms with Crippen molar-refractivity contribution >= 4 is 72.4 Å². The summed E-state index contributed by atoms with van der Waals surface area (Å²) in [5.74, 6) is 0. The van der Waals surface area contributed by atoms with Crippen molar-refractivity contribution < 1.29 is 116 Å². The van der Waals surface area contributed by atoms with Gasteiger partial charge in [-0.05, 0) is 32.5 Å². The summed E-state index contributed by atoms with van der Waals surface area (Å²) in [6.45, 7) is 52.5. The summed E-state index contributed by atoms with van der Waals surface area (Å²) in [7, 11) is 0. The van der Waals surface area contributed by atoms with Crippen LogP contribution >= 0.6 is 0 Å². The second-order valence-corrected chi connectivity index (χ2v) is 44.6. The average Bonchev–Trinajstić information content (AvgIpc) is 1.56. The molecule has 0 N–H and O–H groups in total. The van der Waals surface area contributed by atoms with Gasteiger partial charge in [-0.1, -0.05) is 166 Å². The first-order valence-corrected chi connectivity index (χ1v) is 42.7. The second-order valence-electron chi connectivity index (χ2n) is 35.6. The van der Waals surface area contributed by atoms with Crippen LogP contribution in [0.25, 0.3) is 86.9 Å². The minimum atomic E-state index is 0.500. The average molecular weight is 2290 g/mol. The molecule has 3 aliphatic rings. The van der Waals surface area contributed by atoms with Crippen molar-refractivity contribution in [3.8, 4) is 22.3 Å². The zero-order valence-corrected chi connectivity index (χ0v) is 79.6. The second kappa shape index (κ2) is 32.3. The van der Waals surface area contributed by atoms with Gasteiger partial charge in [0.05, 0.1) is 0 Å². The van der Waals surface area contributed by atoms with Crippen LogP contribution in [0.1, 0.15) is 211 Å². The molecule has 0 atom stereocenters. The Bertz CT molecular complexity index is 4710. The molecule has 0 saturated carbocycles. The van der Waals surface area contributed by atoms with Crippen molar-refractivity contribution in [2.24, 2.45) is 32.5 Å². The Morgan fingerprint density at radius 3 is 0.938 bits per heavy atom. The summed E-state index contributed by atoms with van der Waals surface area (Å²) in [5, 5.41) is 17.1. The summed E-state index contributed by atoms with van der Waals surface area (Å²) >= 11 is 9.35. The van der Waals surface area contributed by atoms with E-state index in [4.69, 9.17) is 0 Å². The van der Waals surface area contributed by atoms with Gasteiger partial charge in [0.1, 0.15) is 0 Å². The molecule has 0 nitrogen and oxygen atoms in total. The van der Waals surface area contributed by atoms with Crippen LogP contribution < -0.4 is 0 Å². The van der Waals surface area contributed by atoms with Crippen molar-refractivity contribution in [3.63, 3.8) is 0 Å². The molecule has 0 aromatic heterocycles. The van der Waals surface area contributed by atoms with E-state index in [1.165, 1.54) is 153 Å². The van der Waals surface area contributed by atoms with Crippen LogP contribution in [0, 0.1) is 46.7 Å². The third-order valence-corrected chi connectivity index (χ3v) is 22.9. The third-order valence-electron chi connectivity index (χ3n) is 14.0. The van der Waals surface area contributed by atoms with Gasteiger partial charge in [0.2, 0.25) is 0 Å². The number of fused-ring (bicyclic) bond motifs is 16. The summed E-state index contributed by atoms with van der Waals surface area (Å²) in [6.07, 6.45) is 2.12. The fourth-order valence-electron chi connectivity index (χ4n) is 10.8. The topological polar surface area (TPSA) is 0 Å². The fraction of sp³-hybridized carbons (Fsp3) is 0.356. The van der Waals surface area contributed by atoms with Gasteiger partial charge in [-0.15, -0.1) is 0 Å². The van der Waals surface area contributed by atoms with E-state index in [2.05, 4.69) is 336 Å². The Morgan fingerprint density at radius 1 is 0.208 bits per heavy atom. The molecule has 6 heteroatoms. The molecular weight excluding hydrogens is 2180 g/mol. The Kier molecular flexibility index (Phi) is 26.9. The third kappa shape index (κ3) is 22.8. The molecule has 0 amide bonds. The molecule has 0 saturated heterocycles. The summed E-state index contributed by atoms with van der Waals surface area (Å²) in [5.41, 5.74) is 20.6. The van der Waals surface area contributed by atoms with Gasteiger partial charge in [0, 0.05) is 0 Å². The SMILES string of the molecule is CC(C)(C)C.CC(C)(C)C.CC(C)(C)C.CC(C)(C)C.CC(C)(C)C.CC(C)(C)C.[W]=[C]1c2ccccc2Cc2cc3c(cc21)-c1cc2c(cc1C3)-c1ccccc1[C]2=[W].[W]=[c]1c2ccccc2c2cc3[c](=[W])c4ccccc4c3cc12.[W]=[c]1ccc2cc3[c](=[W])ccc3cc12. The van der Waals surface area contributed by atoms with Crippen molar-refractivity contribution in [1.29, 1.82) is 0 Å². The van der Waals surface area contributed by atoms with E-state index >= 15 is 0 Å². The van der Waals surface area contributed by atoms with Crippen LogP contribution in [0.5, 0.6) is 0 Å². The maximum atomic E-state index is 2.51. The standard InChI is InChI=1S/C28H16.C20H10.C12H6.6C5H12.6W/c1-2-6-18-10-21-14-27-22(12-20(21)9-17(18)5-1)13-24-15-26-23(16-28(24)27)11-19-7-3-4-8-25(19)26;1-3-7-17-13(5-1)9-15-11-20-16(12-19(15)17)10-14-6-2-4-8-18(14)20;1-3-9-7-11-5-2-6-12(11)8-10(9)4-1;6*1-5(2,3)4;;;;;;/h1-8,12,14-16H,9,13H2;1-8,11-12H;1-3,6-8H;6*1-4H3;;;;;;. The van der Waals surface area contributed by atoms with Crippen molar-refractivity contribution in [1.82, 2.24) is 0 Å². The van der Waals surface area contributed by atoms with Gasteiger partial charge in [-0.2, -0.15) is 0 Å². The molecule has 15 rings (SSSR count). The molecule has 0 radical (unpaired) electrons. The van der Waals surface area contributed by atoms with E-state index in [-0.39, 0.29) is 0 Å². The van der Waals surface area contributed by atoms with Crippen molar-refractivity contribution in [2.45, 2.75) is 179 Å². The molecule has 0 spiro atoms. The molecule has 0 bridgehead atoms. The van der Waals surface area contributed by atoms with Crippen molar-refractivity contribution in [3.05, 3.63) is 229 Å². The molecule has 12 aromatic rings. The zero-order chi connectivity index (χ0) is 71.5. The normalized spacial score (nSPS) is 12.7. The molecule has 500 valence electrons. The number of benzene rings is 8. The number of rotatable bonds is 0. The summed E-state index contributed by atoms with van der Waals surface area (Å²) < 4.78 is 8.91. The first kappa shape index (κ1) is 79.9. The summed E-state index contributed by atoms with van der Waals surface area (Å²) in [4.78, 5) is 0. The van der Waals surface area contributed by atoms with Crippen LogP contribution in [0.4, 0.5) is 0 Å². The predicted molar refractivity (Wildman–Crippen MR) is 402 cm³/mol. The molecular formula is C90H104W6. The molecule has 0 aliphatic heterocycles. The first-order valence-electron chi connectivity index (χ1n) is 33.9. The monoisotopic (exact) mass is 2290 g/mol. The Hall–Kier alpha value is -3.41. The van der Waals surface area contributed by atoms with Crippen LogP contribution in [-0.2, 0) is 129 Å². The molecule has 0 fully saturated rings. The molecule has 12 aromatic carbocycles. The number of hydrogen-bond donors (Lipinski definition) is 0. The van der Waals surface area contributed by atoms with E-state index < -0.39 is 0 Å². The van der Waals surface area contributed by atoms with Crippen molar-refractivity contribution in [2.75, 3.05) is 0 Å². The number of hydrogen-bond acceptors (Lipinski definition) is 0. The van der Waals surface area contributed by atoms with Crippen LogP contribution in [0.3, 0.4) is 0 Å². The van der Waals surface area contributed by atoms with Gasteiger partial charge in [0.25, 0.3) is 0 Å². The quantitative estimate of drug-likeness (QED) is 0.142. The Morgan fingerprint density at radius 2 is 0.521 bits per heavy atom. The van der Waals surface area contributed by atoms with Crippen LogP contribution in [-0.4, -0.2) is 7.80 Å². The molecule has 0 heterocycles. The van der Waals surface area contributed by atoms with E-state index in [0.717, 1.165) is 12.8 Å². The van der Waals surface area contributed by atoms with E-state index in [9.17, 15) is 0 Å². The predicted octanol–water partition coefficient (Wildman–Crippen LogP) is 26.0. The molecule has 3 aliphatic carbocycles. The zero-order valence-electron chi connectivity index (χ0n) is 62.0. The van der Waals surface area contributed by atoms with Crippen LogP contribution in [0.15, 0.2) is 170 Å². The maximum absolute atomic E-state index is 2.51. The fourth-order valence-corrected chi connectivity index (χ4v) is 17.7. The van der Waals surface area contributed by atoms with Gasteiger partial charge < -0.3 is 0 Å². The summed E-state index contributed by atoms with van der Waals surface area (Å²) in [6, 6.07) is 64.0. The molecule has 0 unspecified atom stereocenters. The Labute approximate surface area is 643 Å². The minimum absolute atomic E-state index is 0.500. The van der Waals surface area contributed by atoms with Gasteiger partial charge >= 0.3 is 452 Å². The van der Waals surface area contributed by atoms with Crippen LogP contribution in [0.2, 0.25) is 0 Å². The van der Waals surface area contributed by atoms with E-state index in [0.29, 0.717) is 32.5 Å². The molecule has 96 heavy (non-hydrogen) atoms. The van der Waals surface area contributed by atoms with Gasteiger partial charge in [-0.3, -0.25) is 0 Å². The van der Waals surface area contributed by atoms with Gasteiger partial charge in [-0.25, -0.2) is 0 Å².